The maximum Gasteiger partial charge on any atom is 0.227 e. The number of carbonyl (C=O) groups excluding carboxylic acids is 1. The van der Waals surface area contributed by atoms with Gasteiger partial charge in [0.15, 0.2) is 5.96 Å². The molecule has 6 heteroatoms. The highest BCUT2D eigenvalue weighted by Crippen LogP contribution is 2.19. The molecule has 26 heavy (non-hydrogen) atoms. The summed E-state index contributed by atoms with van der Waals surface area (Å²) in [6.07, 6.45) is 0. The molecule has 0 radical (unpaired) electrons. The molecule has 0 heterocycles. The molecule has 0 aromatic heterocycles. The zero-order valence-corrected chi connectivity index (χ0v) is 19.3. The van der Waals surface area contributed by atoms with Crippen LogP contribution < -0.4 is 16.0 Å². The van der Waals surface area contributed by atoms with Gasteiger partial charge in [0.1, 0.15) is 0 Å². The van der Waals surface area contributed by atoms with Crippen LogP contribution in [-0.4, -0.2) is 37.5 Å². The molecule has 0 fully saturated rings. The number of nitrogens with one attached hydrogen (secondary N) is 3. The predicted octanol–water partition coefficient (Wildman–Crippen LogP) is 3.51. The van der Waals surface area contributed by atoms with E-state index in [-0.39, 0.29) is 35.9 Å². The fraction of sp³-hybridized carbons (Fsp3) is 0.600. The van der Waals surface area contributed by atoms with Gasteiger partial charge in [0.25, 0.3) is 0 Å². The zero-order chi connectivity index (χ0) is 18.9. The number of benzene rings is 1. The number of hydrogen-bond donors (Lipinski definition) is 3. The number of carbonyl (C=O) groups is 1. The molecule has 0 saturated heterocycles. The Hall–Kier alpha value is -1.31. The lowest BCUT2D eigenvalue weighted by Crippen LogP contribution is -2.45. The first-order chi connectivity index (χ1) is 11.8. The number of rotatable bonds is 8. The molecule has 1 aromatic carbocycles. The minimum absolute atomic E-state index is 0. The fourth-order valence-corrected chi connectivity index (χ4v) is 2.45. The summed E-state index contributed by atoms with van der Waals surface area (Å²) in [4.78, 5) is 16.8. The number of amides is 1. The van der Waals surface area contributed by atoms with Crippen molar-refractivity contribution in [1.82, 2.24) is 16.0 Å². The fourth-order valence-electron chi connectivity index (χ4n) is 2.45. The monoisotopic (exact) mass is 474 g/mol. The summed E-state index contributed by atoms with van der Waals surface area (Å²) >= 11 is 0. The predicted molar refractivity (Wildman–Crippen MR) is 121 cm³/mol. The van der Waals surface area contributed by atoms with Gasteiger partial charge in [0, 0.05) is 25.0 Å². The quantitative estimate of drug-likeness (QED) is 0.307. The molecule has 5 nitrogen and oxygen atoms in total. The lowest BCUT2D eigenvalue weighted by Gasteiger charge is -2.25. The summed E-state index contributed by atoms with van der Waals surface area (Å²) in [7, 11) is 0. The Bertz CT molecular complexity index is 560. The van der Waals surface area contributed by atoms with Crippen LogP contribution in [0.5, 0.6) is 0 Å². The normalized spacial score (nSPS) is 14.0. The van der Waals surface area contributed by atoms with Crippen LogP contribution in [0.3, 0.4) is 0 Å². The smallest absolute Gasteiger partial charge is 0.227 e. The van der Waals surface area contributed by atoms with Crippen LogP contribution in [0.4, 0.5) is 0 Å². The number of hydrogen-bond acceptors (Lipinski definition) is 2. The second-order valence-corrected chi connectivity index (χ2v) is 7.07. The van der Waals surface area contributed by atoms with Crippen LogP contribution in [0.15, 0.2) is 35.3 Å². The van der Waals surface area contributed by atoms with E-state index in [0.717, 1.165) is 12.5 Å². The van der Waals surface area contributed by atoms with E-state index < -0.39 is 5.41 Å². The first-order valence-corrected chi connectivity index (χ1v) is 9.19. The second kappa shape index (κ2) is 12.1. The highest BCUT2D eigenvalue weighted by Gasteiger charge is 2.27. The topological polar surface area (TPSA) is 65.5 Å². The largest absolute Gasteiger partial charge is 0.357 e. The van der Waals surface area contributed by atoms with E-state index in [1.54, 1.807) is 0 Å². The Morgan fingerprint density at radius 1 is 1.08 bits per heavy atom. The molecule has 0 aliphatic carbocycles. The standard InChI is InChI=1S/C20H34N4O.HI/c1-7-21-18(25)20(5,6)14-23-19(22-8-2)24-16(4)15(3)17-12-10-9-11-13-17;/h9-13,15-16H,7-8,14H2,1-6H3,(H,21,25)(H2,22,23,24);1H. The molecule has 0 bridgehead atoms. The Morgan fingerprint density at radius 2 is 1.65 bits per heavy atom. The van der Waals surface area contributed by atoms with Crippen molar-refractivity contribution in [1.29, 1.82) is 0 Å². The van der Waals surface area contributed by atoms with E-state index >= 15 is 0 Å². The van der Waals surface area contributed by atoms with Gasteiger partial charge in [0.2, 0.25) is 5.91 Å². The van der Waals surface area contributed by atoms with Crippen molar-refractivity contribution >= 4 is 35.8 Å². The molecule has 1 rings (SSSR count). The Balaban J connectivity index is 0.00000625. The van der Waals surface area contributed by atoms with Gasteiger partial charge in [-0.25, -0.2) is 0 Å². The SMILES string of the molecule is CCNC(=O)C(C)(C)CN=C(NCC)NC(C)C(C)c1ccccc1.I. The summed E-state index contributed by atoms with van der Waals surface area (Å²) < 4.78 is 0. The molecule has 0 spiro atoms. The molecule has 0 aliphatic rings. The average molecular weight is 474 g/mol. The maximum absolute atomic E-state index is 12.1. The van der Waals surface area contributed by atoms with Crippen molar-refractivity contribution in [3.63, 3.8) is 0 Å². The molecule has 1 aromatic rings. The van der Waals surface area contributed by atoms with Crippen molar-refractivity contribution in [3.05, 3.63) is 35.9 Å². The molecule has 0 saturated carbocycles. The van der Waals surface area contributed by atoms with E-state index in [0.29, 0.717) is 19.0 Å². The third-order valence-electron chi connectivity index (χ3n) is 4.37. The van der Waals surface area contributed by atoms with E-state index in [9.17, 15) is 4.79 Å². The maximum atomic E-state index is 12.1. The molecule has 0 aliphatic heterocycles. The molecule has 1 amide bonds. The Kier molecular flexibility index (Phi) is 11.5. The van der Waals surface area contributed by atoms with Gasteiger partial charge in [0.05, 0.1) is 12.0 Å². The number of nitrogens with zero attached hydrogens (tertiary/aromatic N) is 1. The van der Waals surface area contributed by atoms with E-state index in [1.165, 1.54) is 5.56 Å². The highest BCUT2D eigenvalue weighted by atomic mass is 127. The van der Waals surface area contributed by atoms with Crippen molar-refractivity contribution in [3.8, 4) is 0 Å². The van der Waals surface area contributed by atoms with Crippen molar-refractivity contribution < 1.29 is 4.79 Å². The van der Waals surface area contributed by atoms with Gasteiger partial charge in [-0.1, -0.05) is 37.3 Å². The summed E-state index contributed by atoms with van der Waals surface area (Å²) in [5.74, 6) is 1.12. The first-order valence-electron chi connectivity index (χ1n) is 9.19. The minimum Gasteiger partial charge on any atom is -0.357 e. The van der Waals surface area contributed by atoms with Crippen molar-refractivity contribution in [2.45, 2.75) is 53.5 Å². The molecule has 2 unspecified atom stereocenters. The molecular weight excluding hydrogens is 439 g/mol. The van der Waals surface area contributed by atoms with Crippen LogP contribution in [0, 0.1) is 5.41 Å². The van der Waals surface area contributed by atoms with E-state index in [1.807, 2.05) is 33.8 Å². The van der Waals surface area contributed by atoms with Gasteiger partial charge in [-0.05, 0) is 40.2 Å². The summed E-state index contributed by atoms with van der Waals surface area (Å²) in [6, 6.07) is 10.7. The average Bonchev–Trinajstić information content (AvgIpc) is 2.60. The molecule has 3 N–H and O–H groups in total. The number of halogens is 1. The minimum atomic E-state index is -0.535. The molecule has 148 valence electrons. The summed E-state index contributed by atoms with van der Waals surface area (Å²) in [5.41, 5.74) is 0.758. The van der Waals surface area contributed by atoms with E-state index in [2.05, 4.69) is 59.1 Å². The third kappa shape index (κ3) is 7.93. The first kappa shape index (κ1) is 24.7. The van der Waals surface area contributed by atoms with Crippen LogP contribution >= 0.6 is 24.0 Å². The lowest BCUT2D eigenvalue weighted by atomic mass is 9.92. The van der Waals surface area contributed by atoms with Gasteiger partial charge in [-0.3, -0.25) is 9.79 Å². The van der Waals surface area contributed by atoms with Crippen LogP contribution in [0.1, 0.15) is 53.0 Å². The van der Waals surface area contributed by atoms with Crippen LogP contribution in [0.2, 0.25) is 0 Å². The number of aliphatic imine (C=N–C) groups is 1. The van der Waals surface area contributed by atoms with Gasteiger partial charge in [-0.15, -0.1) is 24.0 Å². The molecule has 2 atom stereocenters. The number of guanidine groups is 1. The van der Waals surface area contributed by atoms with Crippen LogP contribution in [-0.2, 0) is 4.79 Å². The van der Waals surface area contributed by atoms with Gasteiger partial charge in [-0.2, -0.15) is 0 Å². The Morgan fingerprint density at radius 3 is 2.19 bits per heavy atom. The Labute approximate surface area is 175 Å². The summed E-state index contributed by atoms with van der Waals surface area (Å²) in [5, 5.41) is 9.61. The lowest BCUT2D eigenvalue weighted by molar-refractivity contribution is -0.128. The van der Waals surface area contributed by atoms with Gasteiger partial charge < -0.3 is 16.0 Å². The second-order valence-electron chi connectivity index (χ2n) is 7.07. The van der Waals surface area contributed by atoms with Crippen molar-refractivity contribution in [2.24, 2.45) is 10.4 Å². The van der Waals surface area contributed by atoms with Crippen LogP contribution in [0.25, 0.3) is 0 Å². The van der Waals surface area contributed by atoms with Crippen molar-refractivity contribution in [2.75, 3.05) is 19.6 Å². The van der Waals surface area contributed by atoms with Gasteiger partial charge >= 0.3 is 0 Å². The highest BCUT2D eigenvalue weighted by molar-refractivity contribution is 14.0. The third-order valence-corrected chi connectivity index (χ3v) is 4.37. The zero-order valence-electron chi connectivity index (χ0n) is 16.9. The summed E-state index contributed by atoms with van der Waals surface area (Å²) in [6.45, 7) is 14.0. The van der Waals surface area contributed by atoms with E-state index in [4.69, 9.17) is 0 Å². The molecular formula is C20H35IN4O.